The minimum Gasteiger partial charge on any atom is -0.456 e. The monoisotopic (exact) mass is 650 g/mol. The molecule has 0 aliphatic rings. The molecule has 0 amide bonds. The van der Waals surface area contributed by atoms with Gasteiger partial charge in [-0.05, 0) is 71.8 Å². The molecular formula is C43H26N2OS2. The molecule has 7 aromatic carbocycles. The number of thiazole rings is 1. The van der Waals surface area contributed by atoms with E-state index in [0.29, 0.717) is 0 Å². The molecule has 0 unspecified atom stereocenters. The zero-order valence-corrected chi connectivity index (χ0v) is 27.3. The molecule has 10 rings (SSSR count). The van der Waals surface area contributed by atoms with Crippen molar-refractivity contribution in [2.24, 2.45) is 0 Å². The van der Waals surface area contributed by atoms with Crippen LogP contribution in [0.2, 0.25) is 0 Å². The van der Waals surface area contributed by atoms with Crippen LogP contribution in [0.15, 0.2) is 162 Å². The van der Waals surface area contributed by atoms with Crippen molar-refractivity contribution in [2.45, 2.75) is 0 Å². The summed E-state index contributed by atoms with van der Waals surface area (Å²) in [6.45, 7) is 0. The molecule has 48 heavy (non-hydrogen) atoms. The first-order valence-corrected chi connectivity index (χ1v) is 17.6. The number of anilines is 3. The number of nitrogens with zero attached hydrogens (tertiary/aromatic N) is 2. The maximum absolute atomic E-state index is 6.35. The fourth-order valence-corrected chi connectivity index (χ4v) is 9.01. The van der Waals surface area contributed by atoms with Crippen molar-refractivity contribution in [1.82, 2.24) is 4.98 Å². The second kappa shape index (κ2) is 10.9. The lowest BCUT2D eigenvalue weighted by atomic mass is 10.0. The van der Waals surface area contributed by atoms with Gasteiger partial charge >= 0.3 is 0 Å². The number of hydrogen-bond acceptors (Lipinski definition) is 5. The Kier molecular flexibility index (Phi) is 6.22. The molecule has 0 aliphatic heterocycles. The van der Waals surface area contributed by atoms with Gasteiger partial charge in [0.15, 0.2) is 0 Å². The lowest BCUT2D eigenvalue weighted by Gasteiger charge is -2.26. The first-order chi connectivity index (χ1) is 23.8. The van der Waals surface area contributed by atoms with Gasteiger partial charge in [0.1, 0.15) is 16.2 Å². The van der Waals surface area contributed by atoms with Crippen molar-refractivity contribution in [3.8, 4) is 21.7 Å². The summed E-state index contributed by atoms with van der Waals surface area (Å²) < 4.78 is 10.1. The van der Waals surface area contributed by atoms with Gasteiger partial charge in [0.2, 0.25) is 0 Å². The van der Waals surface area contributed by atoms with Gasteiger partial charge in [-0.1, -0.05) is 97.1 Å². The summed E-state index contributed by atoms with van der Waals surface area (Å²) in [4.78, 5) is 7.44. The Morgan fingerprint density at radius 1 is 0.458 bits per heavy atom. The summed E-state index contributed by atoms with van der Waals surface area (Å²) in [5, 5.41) is 5.74. The van der Waals surface area contributed by atoms with Crippen molar-refractivity contribution in [3.05, 3.63) is 158 Å². The molecule has 0 fully saturated rings. The van der Waals surface area contributed by atoms with Crippen LogP contribution in [0.4, 0.5) is 17.1 Å². The average Bonchev–Trinajstić information content (AvgIpc) is 3.85. The number of thiophene rings is 1. The summed E-state index contributed by atoms with van der Waals surface area (Å²) in [6, 6.07) is 56.0. The van der Waals surface area contributed by atoms with Crippen molar-refractivity contribution in [1.29, 1.82) is 0 Å². The molecule has 0 saturated carbocycles. The molecule has 0 bridgehead atoms. The Balaban J connectivity index is 1.18. The lowest BCUT2D eigenvalue weighted by Crippen LogP contribution is -2.10. The van der Waals surface area contributed by atoms with E-state index < -0.39 is 0 Å². The number of hydrogen-bond donors (Lipinski definition) is 0. The van der Waals surface area contributed by atoms with E-state index in [1.54, 1.807) is 11.3 Å². The summed E-state index contributed by atoms with van der Waals surface area (Å²) >= 11 is 3.60. The number of aromatic nitrogens is 1. The van der Waals surface area contributed by atoms with Crippen LogP contribution in [0, 0.1) is 0 Å². The topological polar surface area (TPSA) is 29.3 Å². The maximum atomic E-state index is 6.35. The minimum absolute atomic E-state index is 0.877. The molecule has 226 valence electrons. The predicted octanol–water partition coefficient (Wildman–Crippen LogP) is 13.4. The number of rotatable bonds is 5. The highest BCUT2D eigenvalue weighted by Crippen LogP contribution is 2.46. The fraction of sp³-hybridized carbons (Fsp3) is 0. The SMILES string of the molecule is c1ccc(-c2ccc(N(c3ccc4sc5cc6sc(-c7ccccc7)nc6cc5c4c3)c3cccc4oc5ccccc5c34)cc2)cc1. The first kappa shape index (κ1) is 27.4. The van der Waals surface area contributed by atoms with Crippen LogP contribution in [-0.2, 0) is 0 Å². The molecule has 3 aromatic heterocycles. The highest BCUT2D eigenvalue weighted by molar-refractivity contribution is 7.26. The van der Waals surface area contributed by atoms with Crippen molar-refractivity contribution >= 4 is 92.1 Å². The zero-order valence-electron chi connectivity index (χ0n) is 25.6. The molecule has 0 radical (unpaired) electrons. The number of fused-ring (bicyclic) bond motifs is 7. The highest BCUT2D eigenvalue weighted by atomic mass is 32.1. The number of benzene rings is 7. The van der Waals surface area contributed by atoms with Crippen LogP contribution in [0.3, 0.4) is 0 Å². The van der Waals surface area contributed by atoms with Gasteiger partial charge in [-0.2, -0.15) is 0 Å². The summed E-state index contributed by atoms with van der Waals surface area (Å²) in [5.74, 6) is 0. The Hall–Kier alpha value is -5.75. The van der Waals surface area contributed by atoms with Gasteiger partial charge < -0.3 is 9.32 Å². The highest BCUT2D eigenvalue weighted by Gasteiger charge is 2.21. The standard InChI is InChI=1S/C43H26N2OS2/c1-3-10-27(11-4-1)28-18-20-30(21-19-28)45(36-15-9-17-38-42(36)32-14-7-8-16-37(32)46-38)31-22-23-39-33(24-31)34-25-35-41(26-40(34)47-39)48-43(44-35)29-12-5-2-6-13-29/h1-26H. The molecule has 0 atom stereocenters. The van der Waals surface area contributed by atoms with Gasteiger partial charge in [-0.25, -0.2) is 4.98 Å². The molecular weight excluding hydrogens is 625 g/mol. The van der Waals surface area contributed by atoms with E-state index in [2.05, 4.69) is 144 Å². The van der Waals surface area contributed by atoms with Gasteiger partial charge in [-0.15, -0.1) is 22.7 Å². The van der Waals surface area contributed by atoms with E-state index in [1.807, 2.05) is 29.5 Å². The molecule has 0 spiro atoms. The fourth-order valence-electron chi connectivity index (χ4n) is 6.83. The van der Waals surface area contributed by atoms with Gasteiger partial charge in [-0.3, -0.25) is 0 Å². The molecule has 0 N–H and O–H groups in total. The van der Waals surface area contributed by atoms with Crippen LogP contribution in [0.5, 0.6) is 0 Å². The molecule has 0 saturated heterocycles. The molecule has 3 nitrogen and oxygen atoms in total. The van der Waals surface area contributed by atoms with Crippen LogP contribution in [-0.4, -0.2) is 4.98 Å². The quantitative estimate of drug-likeness (QED) is 0.186. The summed E-state index contributed by atoms with van der Waals surface area (Å²) in [5.41, 5.74) is 9.61. The molecule has 3 heterocycles. The lowest BCUT2D eigenvalue weighted by molar-refractivity contribution is 0.669. The zero-order chi connectivity index (χ0) is 31.6. The summed E-state index contributed by atoms with van der Waals surface area (Å²) in [6.07, 6.45) is 0. The van der Waals surface area contributed by atoms with Crippen LogP contribution in [0.25, 0.3) is 74.0 Å². The minimum atomic E-state index is 0.877. The first-order valence-electron chi connectivity index (χ1n) is 15.9. The largest absolute Gasteiger partial charge is 0.456 e. The van der Waals surface area contributed by atoms with Crippen molar-refractivity contribution in [3.63, 3.8) is 0 Å². The Bertz CT molecular complexity index is 2780. The smallest absolute Gasteiger partial charge is 0.137 e. The third-order valence-corrected chi connectivity index (χ3v) is 11.3. The number of para-hydroxylation sites is 1. The van der Waals surface area contributed by atoms with E-state index in [-0.39, 0.29) is 0 Å². The third kappa shape index (κ3) is 4.43. The third-order valence-electron chi connectivity index (χ3n) is 9.10. The predicted molar refractivity (Wildman–Crippen MR) is 205 cm³/mol. The second-order valence-electron chi connectivity index (χ2n) is 12.0. The van der Waals surface area contributed by atoms with Gasteiger partial charge in [0.05, 0.1) is 21.3 Å². The van der Waals surface area contributed by atoms with Crippen molar-refractivity contribution in [2.75, 3.05) is 4.90 Å². The van der Waals surface area contributed by atoms with E-state index in [4.69, 9.17) is 9.40 Å². The average molecular weight is 651 g/mol. The van der Waals surface area contributed by atoms with E-state index >= 15 is 0 Å². The normalized spacial score (nSPS) is 11.8. The Morgan fingerprint density at radius 2 is 1.15 bits per heavy atom. The van der Waals surface area contributed by atoms with Crippen LogP contribution in [0.1, 0.15) is 0 Å². The Morgan fingerprint density at radius 3 is 1.98 bits per heavy atom. The van der Waals surface area contributed by atoms with Gasteiger partial charge in [0.25, 0.3) is 0 Å². The summed E-state index contributed by atoms with van der Waals surface area (Å²) in [7, 11) is 0. The molecule has 5 heteroatoms. The van der Waals surface area contributed by atoms with Crippen molar-refractivity contribution < 1.29 is 4.42 Å². The molecule has 0 aliphatic carbocycles. The number of furan rings is 1. The van der Waals surface area contributed by atoms with Crippen LogP contribution < -0.4 is 4.90 Å². The molecule has 10 aromatic rings. The van der Waals surface area contributed by atoms with Gasteiger partial charge in [0, 0.05) is 42.5 Å². The van der Waals surface area contributed by atoms with E-state index in [9.17, 15) is 0 Å². The van der Waals surface area contributed by atoms with E-state index in [0.717, 1.165) is 55.1 Å². The maximum Gasteiger partial charge on any atom is 0.137 e. The van der Waals surface area contributed by atoms with E-state index in [1.165, 1.54) is 36.0 Å². The Labute approximate surface area is 284 Å². The van der Waals surface area contributed by atoms with Crippen LogP contribution >= 0.6 is 22.7 Å². The second-order valence-corrected chi connectivity index (χ2v) is 14.1.